The molecule has 1 aromatic heterocycles. The Bertz CT molecular complexity index is 1040. The Morgan fingerprint density at radius 2 is 1.90 bits per heavy atom. The highest BCUT2D eigenvalue weighted by Gasteiger charge is 2.31. The van der Waals surface area contributed by atoms with E-state index < -0.39 is 11.7 Å². The number of rotatable bonds is 4. The lowest BCUT2D eigenvalue weighted by molar-refractivity contribution is -0.137. The Morgan fingerprint density at radius 3 is 2.57 bits per heavy atom. The van der Waals surface area contributed by atoms with Gasteiger partial charge in [0.25, 0.3) is 0 Å². The van der Waals surface area contributed by atoms with Gasteiger partial charge in [-0.25, -0.2) is 4.98 Å². The van der Waals surface area contributed by atoms with E-state index in [0.717, 1.165) is 35.6 Å². The summed E-state index contributed by atoms with van der Waals surface area (Å²) in [5.41, 5.74) is 8.86. The molecule has 0 amide bonds. The molecule has 1 aliphatic rings. The number of nitrogen functional groups attached to an aromatic ring is 1. The highest BCUT2D eigenvalue weighted by atomic mass is 35.5. The third-order valence-electron chi connectivity index (χ3n) is 5.05. The number of hydrogen-bond donors (Lipinski definition) is 1. The van der Waals surface area contributed by atoms with Crippen molar-refractivity contribution in [3.8, 4) is 17.0 Å². The number of hydrogen-bond acceptors (Lipinski definition) is 4. The fraction of sp³-hybridized carbons (Fsp3) is 0.227. The molecule has 0 bridgehead atoms. The molecule has 1 fully saturated rings. The lowest BCUT2D eigenvalue weighted by atomic mass is 10.0. The van der Waals surface area contributed by atoms with E-state index in [0.29, 0.717) is 23.7 Å². The molecule has 0 spiro atoms. The van der Waals surface area contributed by atoms with Crippen LogP contribution in [-0.2, 0) is 6.18 Å². The van der Waals surface area contributed by atoms with Crippen LogP contribution in [0.1, 0.15) is 12.0 Å². The number of pyridine rings is 1. The Hall–Kier alpha value is -2.93. The Kier molecular flexibility index (Phi) is 5.47. The van der Waals surface area contributed by atoms with Crippen molar-refractivity contribution in [2.75, 3.05) is 23.7 Å². The van der Waals surface area contributed by atoms with Crippen LogP contribution in [0, 0.1) is 0 Å². The topological polar surface area (TPSA) is 51.4 Å². The average molecular weight is 434 g/mol. The van der Waals surface area contributed by atoms with Crippen LogP contribution in [0.2, 0.25) is 5.02 Å². The first-order valence-electron chi connectivity index (χ1n) is 9.40. The molecular formula is C22H19ClF3N3O. The first-order chi connectivity index (χ1) is 14.3. The minimum atomic E-state index is -4.41. The maximum Gasteiger partial charge on any atom is 0.417 e. The second-order valence-electron chi connectivity index (χ2n) is 7.11. The van der Waals surface area contributed by atoms with Crippen molar-refractivity contribution < 1.29 is 17.9 Å². The number of anilines is 2. The summed E-state index contributed by atoms with van der Waals surface area (Å²) in [6.07, 6.45) is -3.09. The van der Waals surface area contributed by atoms with E-state index in [1.165, 1.54) is 6.07 Å². The lowest BCUT2D eigenvalue weighted by Crippen LogP contribution is -2.25. The van der Waals surface area contributed by atoms with Gasteiger partial charge in [0.2, 0.25) is 5.88 Å². The first-order valence-corrected chi connectivity index (χ1v) is 9.78. The minimum Gasteiger partial charge on any atom is -0.472 e. The first kappa shape index (κ1) is 20.3. The minimum absolute atomic E-state index is 0.178. The molecular weight excluding hydrogens is 415 g/mol. The molecule has 0 unspecified atom stereocenters. The normalized spacial score (nSPS) is 16.7. The van der Waals surface area contributed by atoms with Gasteiger partial charge >= 0.3 is 6.18 Å². The smallest absolute Gasteiger partial charge is 0.417 e. The summed E-state index contributed by atoms with van der Waals surface area (Å²) < 4.78 is 43.7. The quantitative estimate of drug-likeness (QED) is 0.539. The Balaban J connectivity index is 1.44. The van der Waals surface area contributed by atoms with Gasteiger partial charge in [-0.3, -0.25) is 0 Å². The molecule has 1 saturated heterocycles. The number of nitrogens with zero attached hydrogens (tertiary/aromatic N) is 2. The van der Waals surface area contributed by atoms with Crippen molar-refractivity contribution in [3.05, 3.63) is 71.4 Å². The van der Waals surface area contributed by atoms with Gasteiger partial charge in [-0.2, -0.15) is 13.2 Å². The number of halogens is 4. The third kappa shape index (κ3) is 4.31. The van der Waals surface area contributed by atoms with E-state index in [4.69, 9.17) is 22.1 Å². The van der Waals surface area contributed by atoms with Crippen LogP contribution in [0.15, 0.2) is 60.8 Å². The van der Waals surface area contributed by atoms with E-state index in [9.17, 15) is 13.2 Å². The molecule has 0 saturated carbocycles. The van der Waals surface area contributed by atoms with Crippen LogP contribution in [0.4, 0.5) is 24.5 Å². The van der Waals surface area contributed by atoms with Crippen molar-refractivity contribution in [2.45, 2.75) is 18.7 Å². The van der Waals surface area contributed by atoms with Crippen molar-refractivity contribution in [1.82, 2.24) is 4.98 Å². The summed E-state index contributed by atoms with van der Waals surface area (Å²) in [6.45, 7) is 1.29. The third-order valence-corrected chi connectivity index (χ3v) is 5.38. The Morgan fingerprint density at radius 1 is 1.10 bits per heavy atom. The van der Waals surface area contributed by atoms with E-state index in [1.807, 2.05) is 42.5 Å². The summed E-state index contributed by atoms with van der Waals surface area (Å²) in [6, 6.07) is 15.6. The van der Waals surface area contributed by atoms with E-state index >= 15 is 0 Å². The van der Waals surface area contributed by atoms with Crippen molar-refractivity contribution in [3.63, 3.8) is 0 Å². The predicted octanol–water partition coefficient (Wildman–Crippen LogP) is 5.66. The molecule has 4 nitrogen and oxygen atoms in total. The molecule has 0 radical (unpaired) electrons. The van der Waals surface area contributed by atoms with Crippen molar-refractivity contribution in [1.29, 1.82) is 0 Å². The monoisotopic (exact) mass is 433 g/mol. The van der Waals surface area contributed by atoms with Crippen LogP contribution in [-0.4, -0.2) is 24.2 Å². The molecule has 3 aromatic rings. The summed E-state index contributed by atoms with van der Waals surface area (Å²) in [5.74, 6) is 0.178. The van der Waals surface area contributed by atoms with Gasteiger partial charge in [-0.1, -0.05) is 35.9 Å². The molecule has 0 aliphatic carbocycles. The molecule has 1 aliphatic heterocycles. The second-order valence-corrected chi connectivity index (χ2v) is 7.52. The second kappa shape index (κ2) is 8.07. The number of aromatic nitrogens is 1. The molecule has 2 N–H and O–H groups in total. The zero-order chi connectivity index (χ0) is 21.3. The highest BCUT2D eigenvalue weighted by molar-refractivity contribution is 6.33. The van der Waals surface area contributed by atoms with E-state index in [-0.39, 0.29) is 12.0 Å². The SMILES string of the molecule is Nc1cc(-c2ccccc2Cl)ccc1N1CC[C@@H](Oc2ccc(C(F)(F)F)cn2)C1. The maximum absolute atomic E-state index is 12.7. The van der Waals surface area contributed by atoms with Gasteiger partial charge in [0, 0.05) is 35.8 Å². The summed E-state index contributed by atoms with van der Waals surface area (Å²) in [7, 11) is 0. The predicted molar refractivity (Wildman–Crippen MR) is 112 cm³/mol. The van der Waals surface area contributed by atoms with Crippen LogP contribution < -0.4 is 15.4 Å². The maximum atomic E-state index is 12.7. The molecule has 8 heteroatoms. The van der Waals surface area contributed by atoms with Gasteiger partial charge in [-0.15, -0.1) is 0 Å². The highest BCUT2D eigenvalue weighted by Crippen LogP contribution is 2.35. The number of nitrogens with two attached hydrogens (primary N) is 1. The van der Waals surface area contributed by atoms with Gasteiger partial charge in [-0.05, 0) is 29.8 Å². The van der Waals surface area contributed by atoms with Gasteiger partial charge in [0.05, 0.1) is 23.5 Å². The van der Waals surface area contributed by atoms with E-state index in [1.54, 1.807) is 0 Å². The van der Waals surface area contributed by atoms with Gasteiger partial charge < -0.3 is 15.4 Å². The van der Waals surface area contributed by atoms with Crippen LogP contribution in [0.25, 0.3) is 11.1 Å². The molecule has 156 valence electrons. The fourth-order valence-corrected chi connectivity index (χ4v) is 3.78. The zero-order valence-corrected chi connectivity index (χ0v) is 16.6. The van der Waals surface area contributed by atoms with Crippen molar-refractivity contribution >= 4 is 23.0 Å². The molecule has 30 heavy (non-hydrogen) atoms. The number of benzene rings is 2. The molecule has 2 aromatic carbocycles. The zero-order valence-electron chi connectivity index (χ0n) is 15.9. The Labute approximate surface area is 177 Å². The van der Waals surface area contributed by atoms with Gasteiger partial charge in [0.1, 0.15) is 6.10 Å². The standard InChI is InChI=1S/C22H19ClF3N3O/c23-18-4-2-1-3-17(18)14-5-7-20(19(27)11-14)29-10-9-16(13-29)30-21-8-6-15(12-28-21)22(24,25)26/h1-8,11-12,16H,9-10,13,27H2/t16-/m1/s1. The fourth-order valence-electron chi connectivity index (χ4n) is 3.54. The average Bonchev–Trinajstić information content (AvgIpc) is 3.16. The van der Waals surface area contributed by atoms with Crippen LogP contribution in [0.5, 0.6) is 5.88 Å². The number of alkyl halides is 3. The lowest BCUT2D eigenvalue weighted by Gasteiger charge is -2.21. The van der Waals surface area contributed by atoms with E-state index in [2.05, 4.69) is 9.88 Å². The van der Waals surface area contributed by atoms with Gasteiger partial charge in [0.15, 0.2) is 0 Å². The molecule has 1 atom stereocenters. The summed E-state index contributed by atoms with van der Waals surface area (Å²) in [4.78, 5) is 5.88. The molecule has 2 heterocycles. The largest absolute Gasteiger partial charge is 0.472 e. The van der Waals surface area contributed by atoms with Crippen molar-refractivity contribution in [2.24, 2.45) is 0 Å². The molecule has 4 rings (SSSR count). The summed E-state index contributed by atoms with van der Waals surface area (Å²) in [5, 5.41) is 0.656. The number of ether oxygens (including phenoxy) is 1. The van der Waals surface area contributed by atoms with Crippen LogP contribution >= 0.6 is 11.6 Å². The summed E-state index contributed by atoms with van der Waals surface area (Å²) >= 11 is 6.27. The van der Waals surface area contributed by atoms with Crippen LogP contribution in [0.3, 0.4) is 0 Å².